The highest BCUT2D eigenvalue weighted by Crippen LogP contribution is 2.29. The maximum absolute atomic E-state index is 11.6. The Balaban J connectivity index is 1.74. The van der Waals surface area contributed by atoms with E-state index in [1.807, 2.05) is 0 Å². The minimum absolute atomic E-state index is 0.0289. The third kappa shape index (κ3) is 4.22. The van der Waals surface area contributed by atoms with Crippen LogP contribution in [0.2, 0.25) is 0 Å². The normalized spacial score (nSPS) is 23.1. The van der Waals surface area contributed by atoms with Crippen LogP contribution in [-0.4, -0.2) is 55.3 Å². The van der Waals surface area contributed by atoms with E-state index in [2.05, 4.69) is 9.62 Å². The molecule has 0 atom stereocenters. The topological polar surface area (TPSA) is 86.7 Å². The molecule has 0 aromatic carbocycles. The number of carboxylic acids is 1. The summed E-state index contributed by atoms with van der Waals surface area (Å²) in [5.74, 6) is -1.41. The Bertz CT molecular complexity index is 397. The van der Waals surface area contributed by atoms with Crippen molar-refractivity contribution in [2.45, 2.75) is 44.2 Å². The molecule has 1 saturated carbocycles. The smallest absolute Gasteiger partial charge is 0.304 e. The molecule has 0 aromatic heterocycles. The fourth-order valence-corrected chi connectivity index (χ4v) is 3.66. The van der Waals surface area contributed by atoms with Crippen molar-refractivity contribution in [1.29, 1.82) is 0 Å². The molecule has 18 heavy (non-hydrogen) atoms. The molecular formula is C11H20N2O4S. The summed E-state index contributed by atoms with van der Waals surface area (Å²) in [5.41, 5.74) is 0. The van der Waals surface area contributed by atoms with E-state index >= 15 is 0 Å². The van der Waals surface area contributed by atoms with Gasteiger partial charge >= 0.3 is 5.97 Å². The zero-order valence-corrected chi connectivity index (χ0v) is 11.2. The van der Waals surface area contributed by atoms with Gasteiger partial charge in [0, 0.05) is 12.1 Å². The summed E-state index contributed by atoms with van der Waals surface area (Å²) in [6, 6.07) is 0.702. The standard InChI is InChI=1S/C11H20N2O4S/c14-11(15)5-8-18(16,17)12-9-3-6-13(7-4-9)10-1-2-10/h9-10,12H,1-8H2,(H,14,15). The molecule has 0 spiro atoms. The summed E-state index contributed by atoms with van der Waals surface area (Å²) in [4.78, 5) is 12.8. The Morgan fingerprint density at radius 1 is 1.22 bits per heavy atom. The van der Waals surface area contributed by atoms with Gasteiger partial charge in [-0.3, -0.25) is 4.79 Å². The lowest BCUT2D eigenvalue weighted by Gasteiger charge is -2.32. The molecule has 2 rings (SSSR count). The quantitative estimate of drug-likeness (QED) is 0.713. The molecule has 1 aliphatic carbocycles. The third-order valence-corrected chi connectivity index (χ3v) is 4.96. The van der Waals surface area contributed by atoms with Crippen LogP contribution in [0, 0.1) is 0 Å². The van der Waals surface area contributed by atoms with E-state index in [1.165, 1.54) is 12.8 Å². The third-order valence-electron chi connectivity index (χ3n) is 3.52. The van der Waals surface area contributed by atoms with Crippen molar-refractivity contribution in [2.24, 2.45) is 0 Å². The second kappa shape index (κ2) is 5.54. The van der Waals surface area contributed by atoms with Gasteiger partial charge in [0.2, 0.25) is 10.0 Å². The van der Waals surface area contributed by atoms with Crippen molar-refractivity contribution in [3.63, 3.8) is 0 Å². The molecule has 0 bridgehead atoms. The van der Waals surface area contributed by atoms with Gasteiger partial charge < -0.3 is 10.0 Å². The second-order valence-corrected chi connectivity index (χ2v) is 7.00. The van der Waals surface area contributed by atoms with E-state index in [1.54, 1.807) is 0 Å². The fourth-order valence-electron chi connectivity index (χ4n) is 2.36. The fraction of sp³-hybridized carbons (Fsp3) is 0.909. The maximum Gasteiger partial charge on any atom is 0.304 e. The van der Waals surface area contributed by atoms with Crippen LogP contribution in [0.15, 0.2) is 0 Å². The molecule has 0 amide bonds. The maximum atomic E-state index is 11.6. The Kier molecular flexibility index (Phi) is 4.24. The Hall–Kier alpha value is -0.660. The molecule has 2 fully saturated rings. The van der Waals surface area contributed by atoms with Gasteiger partial charge in [-0.25, -0.2) is 13.1 Å². The molecule has 1 saturated heterocycles. The van der Waals surface area contributed by atoms with Crippen LogP contribution in [0.5, 0.6) is 0 Å². The van der Waals surface area contributed by atoms with Crippen LogP contribution in [0.3, 0.4) is 0 Å². The first-order valence-corrected chi connectivity index (χ1v) is 8.07. The second-order valence-electron chi connectivity index (χ2n) is 5.12. The number of sulfonamides is 1. The van der Waals surface area contributed by atoms with E-state index < -0.39 is 16.0 Å². The molecule has 1 heterocycles. The zero-order valence-electron chi connectivity index (χ0n) is 10.3. The molecule has 2 aliphatic rings. The van der Waals surface area contributed by atoms with Crippen LogP contribution in [0.4, 0.5) is 0 Å². The molecule has 104 valence electrons. The summed E-state index contributed by atoms with van der Waals surface area (Å²) >= 11 is 0. The van der Waals surface area contributed by atoms with E-state index in [0.717, 1.165) is 32.0 Å². The number of nitrogens with zero attached hydrogens (tertiary/aromatic N) is 1. The summed E-state index contributed by atoms with van der Waals surface area (Å²) in [6.45, 7) is 1.88. The number of piperidine rings is 1. The van der Waals surface area contributed by atoms with Gasteiger partial charge in [0.15, 0.2) is 0 Å². The van der Waals surface area contributed by atoms with Gasteiger partial charge in [0.1, 0.15) is 0 Å². The Morgan fingerprint density at radius 2 is 1.83 bits per heavy atom. The molecule has 0 unspecified atom stereocenters. The first kappa shape index (κ1) is 13.8. The van der Waals surface area contributed by atoms with Gasteiger partial charge in [-0.1, -0.05) is 0 Å². The lowest BCUT2D eigenvalue weighted by molar-refractivity contribution is -0.136. The average Bonchev–Trinajstić information content (AvgIpc) is 3.11. The average molecular weight is 276 g/mol. The summed E-state index contributed by atoms with van der Waals surface area (Å²) in [5, 5.41) is 8.49. The van der Waals surface area contributed by atoms with Crippen LogP contribution in [-0.2, 0) is 14.8 Å². The number of aliphatic carboxylic acids is 1. The SMILES string of the molecule is O=C(O)CCS(=O)(=O)NC1CCN(C2CC2)CC1. The molecule has 6 nitrogen and oxygen atoms in total. The number of carbonyl (C=O) groups is 1. The first-order chi connectivity index (χ1) is 8.46. The first-order valence-electron chi connectivity index (χ1n) is 6.42. The van der Waals surface area contributed by atoms with E-state index in [0.29, 0.717) is 0 Å². The largest absolute Gasteiger partial charge is 0.481 e. The van der Waals surface area contributed by atoms with Crippen LogP contribution in [0.1, 0.15) is 32.1 Å². The van der Waals surface area contributed by atoms with Gasteiger partial charge in [-0.15, -0.1) is 0 Å². The van der Waals surface area contributed by atoms with E-state index in [4.69, 9.17) is 5.11 Å². The lowest BCUT2D eigenvalue weighted by Crippen LogP contribution is -2.45. The molecule has 2 N–H and O–H groups in total. The number of nitrogens with one attached hydrogen (secondary N) is 1. The minimum atomic E-state index is -3.45. The van der Waals surface area contributed by atoms with Crippen molar-refractivity contribution in [2.75, 3.05) is 18.8 Å². The molecular weight excluding hydrogens is 256 g/mol. The monoisotopic (exact) mass is 276 g/mol. The Labute approximate surface area is 107 Å². The molecule has 7 heteroatoms. The van der Waals surface area contributed by atoms with Gasteiger partial charge in [0.25, 0.3) is 0 Å². The summed E-state index contributed by atoms with van der Waals surface area (Å²) in [7, 11) is -3.45. The highest BCUT2D eigenvalue weighted by Gasteiger charge is 2.32. The zero-order chi connectivity index (χ0) is 13.2. The predicted molar refractivity (Wildman–Crippen MR) is 66.8 cm³/mol. The number of hydrogen-bond acceptors (Lipinski definition) is 4. The number of hydrogen-bond donors (Lipinski definition) is 2. The van der Waals surface area contributed by atoms with E-state index in [9.17, 15) is 13.2 Å². The Morgan fingerprint density at radius 3 is 2.33 bits per heavy atom. The van der Waals surface area contributed by atoms with Gasteiger partial charge in [0.05, 0.1) is 12.2 Å². The van der Waals surface area contributed by atoms with Crippen LogP contribution >= 0.6 is 0 Å². The minimum Gasteiger partial charge on any atom is -0.481 e. The highest BCUT2D eigenvalue weighted by molar-refractivity contribution is 7.89. The summed E-state index contributed by atoms with van der Waals surface area (Å²) < 4.78 is 25.9. The highest BCUT2D eigenvalue weighted by atomic mass is 32.2. The van der Waals surface area contributed by atoms with Gasteiger partial charge in [-0.2, -0.15) is 0 Å². The van der Waals surface area contributed by atoms with Crippen molar-refractivity contribution in [1.82, 2.24) is 9.62 Å². The predicted octanol–water partition coefficient (Wildman–Crippen LogP) is 0.00730. The summed E-state index contributed by atoms with van der Waals surface area (Å²) in [6.07, 6.45) is 3.85. The van der Waals surface area contributed by atoms with Crippen molar-refractivity contribution in [3.05, 3.63) is 0 Å². The van der Waals surface area contributed by atoms with Crippen molar-refractivity contribution >= 4 is 16.0 Å². The number of likely N-dealkylation sites (tertiary alicyclic amines) is 1. The van der Waals surface area contributed by atoms with Crippen molar-refractivity contribution < 1.29 is 18.3 Å². The van der Waals surface area contributed by atoms with E-state index in [-0.39, 0.29) is 18.2 Å². The van der Waals surface area contributed by atoms with Gasteiger partial charge in [-0.05, 0) is 38.8 Å². The lowest BCUT2D eigenvalue weighted by atomic mass is 10.1. The molecule has 1 aliphatic heterocycles. The van der Waals surface area contributed by atoms with Crippen LogP contribution in [0.25, 0.3) is 0 Å². The number of rotatable bonds is 6. The molecule has 0 radical (unpaired) electrons. The number of carboxylic acid groups (broad SMARTS) is 1. The molecule has 0 aromatic rings. The van der Waals surface area contributed by atoms with Crippen LogP contribution < -0.4 is 4.72 Å². The van der Waals surface area contributed by atoms with Crippen molar-refractivity contribution in [3.8, 4) is 0 Å².